The first-order chi connectivity index (χ1) is 28.8. The highest BCUT2D eigenvalue weighted by Crippen LogP contribution is 2.45. The number of carbonyl (C=O) groups excluding carboxylic acids is 2. The number of aliphatic hydroxyl groups is 3. The summed E-state index contributed by atoms with van der Waals surface area (Å²) in [5.41, 5.74) is 0. The fourth-order valence-corrected chi connectivity index (χ4v) is 6.29. The third-order valence-corrected chi connectivity index (χ3v) is 9.89. The number of rotatable bonds is 39. The van der Waals surface area contributed by atoms with Crippen LogP contribution in [0.4, 0.5) is 0 Å². The minimum absolute atomic E-state index is 0.0957. The van der Waals surface area contributed by atoms with Crippen LogP contribution >= 0.6 is 15.6 Å². The maximum atomic E-state index is 12.1. The summed E-state index contributed by atoms with van der Waals surface area (Å²) < 4.78 is 52.7. The number of phosphoric ester groups is 2. The minimum Gasteiger partial charge on any atom is -0.463 e. The molecule has 0 saturated heterocycles. The molecule has 344 valence electrons. The highest BCUT2D eigenvalue weighted by Gasteiger charge is 2.28. The van der Waals surface area contributed by atoms with E-state index in [-0.39, 0.29) is 12.8 Å². The maximum absolute atomic E-state index is 12.1. The van der Waals surface area contributed by atoms with Gasteiger partial charge in [0, 0.05) is 12.8 Å². The van der Waals surface area contributed by atoms with Crippen molar-refractivity contribution in [3.05, 3.63) is 85.1 Å². The van der Waals surface area contributed by atoms with E-state index in [1.165, 1.54) is 19.3 Å². The van der Waals surface area contributed by atoms with Crippen LogP contribution in [0.5, 0.6) is 0 Å². The third kappa shape index (κ3) is 40.6. The molecule has 5 unspecified atom stereocenters. The van der Waals surface area contributed by atoms with Gasteiger partial charge in [0.05, 0.1) is 26.4 Å². The first kappa shape index (κ1) is 57.2. The van der Waals surface area contributed by atoms with Gasteiger partial charge in [-0.25, -0.2) is 9.13 Å². The number of aliphatic hydroxyl groups excluding tert-OH is 3. The number of esters is 2. The van der Waals surface area contributed by atoms with Crippen LogP contribution in [0, 0.1) is 0 Å². The number of hydrogen-bond acceptors (Lipinski definition) is 13. The Morgan fingerprint density at radius 1 is 0.450 bits per heavy atom. The summed E-state index contributed by atoms with van der Waals surface area (Å²) in [5.74, 6) is -1.09. The molecule has 0 spiro atoms. The lowest BCUT2D eigenvalue weighted by Crippen LogP contribution is -2.25. The van der Waals surface area contributed by atoms with Gasteiger partial charge in [0.2, 0.25) is 0 Å². The van der Waals surface area contributed by atoms with Crippen molar-refractivity contribution >= 4 is 27.6 Å². The topological polar surface area (TPSA) is 225 Å². The highest BCUT2D eigenvalue weighted by molar-refractivity contribution is 7.47. The van der Waals surface area contributed by atoms with Crippen molar-refractivity contribution in [3.63, 3.8) is 0 Å². The van der Waals surface area contributed by atoms with E-state index in [0.717, 1.165) is 51.4 Å². The second kappa shape index (κ2) is 39.1. The number of ether oxygens (including phenoxy) is 2. The minimum atomic E-state index is -4.80. The lowest BCUT2D eigenvalue weighted by Gasteiger charge is -2.19. The summed E-state index contributed by atoms with van der Waals surface area (Å²) in [4.78, 5) is 43.5. The van der Waals surface area contributed by atoms with Crippen molar-refractivity contribution in [2.75, 3.05) is 39.6 Å². The molecule has 0 aromatic rings. The van der Waals surface area contributed by atoms with Crippen LogP contribution in [-0.2, 0) is 46.3 Å². The van der Waals surface area contributed by atoms with Gasteiger partial charge in [-0.3, -0.25) is 27.7 Å². The van der Waals surface area contributed by atoms with E-state index in [0.29, 0.717) is 19.3 Å². The van der Waals surface area contributed by atoms with Crippen LogP contribution in [0.15, 0.2) is 85.1 Å². The Kier molecular flexibility index (Phi) is 37.3. The van der Waals surface area contributed by atoms with Gasteiger partial charge < -0.3 is 34.6 Å². The molecule has 0 aromatic heterocycles. The van der Waals surface area contributed by atoms with Crippen molar-refractivity contribution < 1.29 is 71.4 Å². The maximum Gasteiger partial charge on any atom is 0.472 e. The Balaban J connectivity index is 4.03. The van der Waals surface area contributed by atoms with Gasteiger partial charge in [0.1, 0.15) is 31.5 Å². The lowest BCUT2D eigenvalue weighted by atomic mass is 10.1. The molecule has 0 radical (unpaired) electrons. The van der Waals surface area contributed by atoms with Crippen molar-refractivity contribution in [3.8, 4) is 0 Å². The van der Waals surface area contributed by atoms with Gasteiger partial charge in [0.25, 0.3) is 0 Å². The average Bonchev–Trinajstić information content (AvgIpc) is 3.22. The predicted molar refractivity (Wildman–Crippen MR) is 233 cm³/mol. The quantitative estimate of drug-likeness (QED) is 0.0169. The SMILES string of the molecule is CC/C=C/C=C/C=C\C=C/C=C/CCCC(=O)OCC(O)COP(=O)(O)OCC(O)COP(=O)(O)OCC(O)COC(=O)CCCCCCCC/C=C/C=C/CCCCC. The van der Waals surface area contributed by atoms with Crippen LogP contribution in [0.1, 0.15) is 117 Å². The normalized spacial score (nSPS) is 16.2. The van der Waals surface area contributed by atoms with Crippen LogP contribution in [0.3, 0.4) is 0 Å². The Morgan fingerprint density at radius 3 is 1.23 bits per heavy atom. The van der Waals surface area contributed by atoms with Gasteiger partial charge in [0.15, 0.2) is 0 Å². The van der Waals surface area contributed by atoms with Crippen LogP contribution < -0.4 is 0 Å². The summed E-state index contributed by atoms with van der Waals surface area (Å²) in [6.45, 7) is 0.0913. The number of allylic oxidation sites excluding steroid dienone is 14. The fourth-order valence-electron chi connectivity index (χ4n) is 4.70. The van der Waals surface area contributed by atoms with Crippen molar-refractivity contribution in [2.45, 2.75) is 135 Å². The smallest absolute Gasteiger partial charge is 0.463 e. The van der Waals surface area contributed by atoms with Crippen molar-refractivity contribution in [2.24, 2.45) is 0 Å². The summed E-state index contributed by atoms with van der Waals surface area (Å²) in [7, 11) is -9.59. The van der Waals surface area contributed by atoms with Gasteiger partial charge in [-0.15, -0.1) is 0 Å². The summed E-state index contributed by atoms with van der Waals surface area (Å²) in [6, 6.07) is 0. The molecule has 0 saturated carbocycles. The van der Waals surface area contributed by atoms with Crippen molar-refractivity contribution in [1.82, 2.24) is 0 Å². The number of phosphoric acid groups is 2. The largest absolute Gasteiger partial charge is 0.472 e. The van der Waals surface area contributed by atoms with Gasteiger partial charge in [-0.05, 0) is 51.4 Å². The molecule has 0 aliphatic heterocycles. The molecule has 60 heavy (non-hydrogen) atoms. The molecule has 0 aromatic carbocycles. The molecule has 5 N–H and O–H groups in total. The molecule has 0 aliphatic rings. The number of carbonyl (C=O) groups is 2. The monoisotopic (exact) mass is 890 g/mol. The van der Waals surface area contributed by atoms with E-state index in [2.05, 4.69) is 62.3 Å². The zero-order valence-corrected chi connectivity index (χ0v) is 37.4. The summed E-state index contributed by atoms with van der Waals surface area (Å²) in [5, 5.41) is 29.9. The first-order valence-electron chi connectivity index (χ1n) is 21.0. The Morgan fingerprint density at radius 2 is 0.783 bits per heavy atom. The molecule has 15 nitrogen and oxygen atoms in total. The van der Waals surface area contributed by atoms with Crippen LogP contribution in [0.25, 0.3) is 0 Å². The Labute approximate surface area is 357 Å². The van der Waals surface area contributed by atoms with E-state index in [1.54, 1.807) is 0 Å². The average molecular weight is 891 g/mol. The van der Waals surface area contributed by atoms with Gasteiger partial charge >= 0.3 is 27.6 Å². The second-order valence-corrected chi connectivity index (χ2v) is 16.7. The second-order valence-electron chi connectivity index (χ2n) is 13.8. The van der Waals surface area contributed by atoms with Gasteiger partial charge in [-0.2, -0.15) is 0 Å². The molecule has 0 heterocycles. The molecule has 0 amide bonds. The zero-order valence-electron chi connectivity index (χ0n) is 35.6. The number of hydrogen-bond donors (Lipinski definition) is 5. The highest BCUT2D eigenvalue weighted by atomic mass is 31.2. The molecular formula is C43H72O15P2. The van der Waals surface area contributed by atoms with Gasteiger partial charge in [-0.1, -0.05) is 137 Å². The predicted octanol–water partition coefficient (Wildman–Crippen LogP) is 8.60. The van der Waals surface area contributed by atoms with Crippen LogP contribution in [0.2, 0.25) is 0 Å². The standard InChI is InChI=1S/C43H72O15P2/c1-3-5-7-9-11-13-15-17-18-20-22-24-26-28-30-32-43(48)54-34-40(45)36-56-60(51,52)58-38-41(46)37-57-59(49,50)55-35-39(44)33-53-42(47)31-29-27-25-23-21-19-16-14-12-10-8-6-4-2/h6,8,10-17,19,21,23,25,39-41,44-46H,3-5,7,9,18,20,22,24,26-38H2,1-2H3,(H,49,50)(H,51,52)/b8-6+,12-10+,13-11+,16-14-,17-15+,21-19-,25-23+. The molecule has 0 rings (SSSR count). The zero-order chi connectivity index (χ0) is 44.6. The molecule has 0 aliphatic carbocycles. The van der Waals surface area contributed by atoms with Crippen LogP contribution in [-0.4, -0.2) is 95.0 Å². The molecule has 0 bridgehead atoms. The molecule has 17 heteroatoms. The number of unbranched alkanes of at least 4 members (excludes halogenated alkanes) is 10. The molecule has 5 atom stereocenters. The Hall–Kier alpha value is -2.78. The van der Waals surface area contributed by atoms with Crippen molar-refractivity contribution in [1.29, 1.82) is 0 Å². The Bertz CT molecular complexity index is 1410. The van der Waals surface area contributed by atoms with E-state index in [1.807, 2.05) is 54.7 Å². The van der Waals surface area contributed by atoms with E-state index in [4.69, 9.17) is 9.47 Å². The van der Waals surface area contributed by atoms with E-state index >= 15 is 0 Å². The molecular weight excluding hydrogens is 818 g/mol. The fraction of sp³-hybridized carbons (Fsp3) is 0.628. The molecule has 0 fully saturated rings. The first-order valence-corrected chi connectivity index (χ1v) is 24.0. The van der Waals surface area contributed by atoms with E-state index in [9.17, 15) is 43.8 Å². The summed E-state index contributed by atoms with van der Waals surface area (Å²) >= 11 is 0. The van der Waals surface area contributed by atoms with E-state index < -0.39 is 85.5 Å². The summed E-state index contributed by atoms with van der Waals surface area (Å²) in [6.07, 6.45) is 37.4. The third-order valence-electron chi connectivity index (χ3n) is 7.99. The lowest BCUT2D eigenvalue weighted by molar-refractivity contribution is -0.148.